The number of carbonyl (C=O) groups is 1. The van der Waals surface area contributed by atoms with E-state index >= 15 is 0 Å². The van der Waals surface area contributed by atoms with Crippen molar-refractivity contribution in [2.45, 2.75) is 13.1 Å². The Balaban J connectivity index is 1.99. The first-order chi connectivity index (χ1) is 9.58. The maximum absolute atomic E-state index is 13.4. The highest BCUT2D eigenvalue weighted by atomic mass is 19.1. The van der Waals surface area contributed by atoms with E-state index in [0.29, 0.717) is 12.1 Å². The smallest absolute Gasteiger partial charge is 0.248 e. The van der Waals surface area contributed by atoms with Crippen molar-refractivity contribution in [3.8, 4) is 0 Å². The summed E-state index contributed by atoms with van der Waals surface area (Å²) in [4.78, 5) is 11.0. The van der Waals surface area contributed by atoms with Gasteiger partial charge in [-0.1, -0.05) is 18.2 Å². The first-order valence-electron chi connectivity index (χ1n) is 6.10. The van der Waals surface area contributed by atoms with Gasteiger partial charge in [0, 0.05) is 24.2 Å². The van der Waals surface area contributed by atoms with Crippen LogP contribution in [-0.2, 0) is 13.1 Å². The van der Waals surface area contributed by atoms with Gasteiger partial charge in [-0.25, -0.2) is 8.78 Å². The fourth-order valence-electron chi connectivity index (χ4n) is 1.87. The first-order valence-corrected chi connectivity index (χ1v) is 6.10. The first kappa shape index (κ1) is 14.1. The number of nitrogens with two attached hydrogens (primary N) is 1. The lowest BCUT2D eigenvalue weighted by Gasteiger charge is -2.08. The lowest BCUT2D eigenvalue weighted by molar-refractivity contribution is 0.1000. The fraction of sp³-hybridized carbons (Fsp3) is 0.133. The van der Waals surface area contributed by atoms with Gasteiger partial charge in [0.15, 0.2) is 0 Å². The summed E-state index contributed by atoms with van der Waals surface area (Å²) in [5, 5.41) is 2.93. The van der Waals surface area contributed by atoms with Crippen LogP contribution in [0.25, 0.3) is 0 Å². The maximum atomic E-state index is 13.4. The summed E-state index contributed by atoms with van der Waals surface area (Å²) < 4.78 is 26.8. The number of nitrogens with one attached hydrogen (secondary N) is 1. The number of rotatable bonds is 5. The number of primary amides is 1. The molecule has 2 rings (SSSR count). The number of halogens is 2. The van der Waals surface area contributed by atoms with E-state index in [9.17, 15) is 13.6 Å². The number of benzene rings is 2. The molecule has 0 atom stereocenters. The average molecular weight is 276 g/mol. The number of hydrogen-bond donors (Lipinski definition) is 2. The minimum Gasteiger partial charge on any atom is -0.366 e. The Hall–Kier alpha value is -2.27. The van der Waals surface area contributed by atoms with Gasteiger partial charge in [-0.15, -0.1) is 0 Å². The Morgan fingerprint density at radius 2 is 1.70 bits per heavy atom. The molecule has 0 bridgehead atoms. The average Bonchev–Trinajstić information content (AvgIpc) is 2.42. The Labute approximate surface area is 115 Å². The Morgan fingerprint density at radius 1 is 1.05 bits per heavy atom. The highest BCUT2D eigenvalue weighted by Gasteiger charge is 2.07. The Bertz CT molecular complexity index is 609. The van der Waals surface area contributed by atoms with Crippen molar-refractivity contribution in [3.63, 3.8) is 0 Å². The zero-order valence-electron chi connectivity index (χ0n) is 10.7. The molecule has 0 saturated carbocycles. The van der Waals surface area contributed by atoms with Crippen molar-refractivity contribution in [1.29, 1.82) is 0 Å². The van der Waals surface area contributed by atoms with Crippen LogP contribution in [0, 0.1) is 11.6 Å². The van der Waals surface area contributed by atoms with Crippen LogP contribution in [-0.4, -0.2) is 5.91 Å². The minimum atomic E-state index is -0.580. The number of amides is 1. The zero-order chi connectivity index (χ0) is 14.5. The van der Waals surface area contributed by atoms with Gasteiger partial charge in [0.1, 0.15) is 11.6 Å². The van der Waals surface area contributed by atoms with Crippen LogP contribution < -0.4 is 11.1 Å². The van der Waals surface area contributed by atoms with E-state index in [0.717, 1.165) is 5.56 Å². The highest BCUT2D eigenvalue weighted by Crippen LogP contribution is 2.12. The van der Waals surface area contributed by atoms with Crippen molar-refractivity contribution in [2.24, 2.45) is 5.73 Å². The molecule has 0 aliphatic carbocycles. The van der Waals surface area contributed by atoms with E-state index in [-0.39, 0.29) is 12.1 Å². The maximum Gasteiger partial charge on any atom is 0.248 e. The summed E-state index contributed by atoms with van der Waals surface area (Å²) in [6, 6.07) is 10.5. The van der Waals surface area contributed by atoms with Gasteiger partial charge < -0.3 is 11.1 Å². The largest absolute Gasteiger partial charge is 0.366 e. The topological polar surface area (TPSA) is 55.1 Å². The summed E-state index contributed by atoms with van der Waals surface area (Å²) in [7, 11) is 0. The van der Waals surface area contributed by atoms with Crippen LogP contribution in [0.5, 0.6) is 0 Å². The van der Waals surface area contributed by atoms with Gasteiger partial charge >= 0.3 is 0 Å². The van der Waals surface area contributed by atoms with Crippen LogP contribution in [0.4, 0.5) is 8.78 Å². The van der Waals surface area contributed by atoms with Crippen molar-refractivity contribution >= 4 is 5.91 Å². The van der Waals surface area contributed by atoms with E-state index < -0.39 is 17.5 Å². The molecule has 0 unspecified atom stereocenters. The summed E-state index contributed by atoms with van der Waals surface area (Å²) in [5.74, 6) is -1.67. The van der Waals surface area contributed by atoms with Crippen LogP contribution in [0.2, 0.25) is 0 Å². The SMILES string of the molecule is NC(=O)c1cccc(CNCc2c(F)cccc2F)c1. The van der Waals surface area contributed by atoms with Crippen LogP contribution in [0.3, 0.4) is 0 Å². The predicted octanol–water partition coefficient (Wildman–Crippen LogP) is 2.35. The minimum absolute atomic E-state index is 0.00134. The van der Waals surface area contributed by atoms with E-state index in [2.05, 4.69) is 5.32 Å². The second-order valence-electron chi connectivity index (χ2n) is 4.37. The van der Waals surface area contributed by atoms with Gasteiger partial charge in [0.25, 0.3) is 0 Å². The molecular formula is C15H14F2N2O. The molecule has 3 nitrogen and oxygen atoms in total. The standard InChI is InChI=1S/C15H14F2N2O/c16-13-5-2-6-14(17)12(13)9-19-8-10-3-1-4-11(7-10)15(18)20/h1-7,19H,8-9H2,(H2,18,20). The molecule has 0 aliphatic heterocycles. The van der Waals surface area contributed by atoms with E-state index in [1.807, 2.05) is 0 Å². The molecule has 0 spiro atoms. The van der Waals surface area contributed by atoms with Crippen molar-refractivity contribution in [2.75, 3.05) is 0 Å². The lowest BCUT2D eigenvalue weighted by atomic mass is 10.1. The third-order valence-electron chi connectivity index (χ3n) is 2.90. The Morgan fingerprint density at radius 3 is 2.35 bits per heavy atom. The van der Waals surface area contributed by atoms with Crippen molar-refractivity contribution < 1.29 is 13.6 Å². The zero-order valence-corrected chi connectivity index (χ0v) is 10.7. The molecule has 0 aliphatic rings. The lowest BCUT2D eigenvalue weighted by Crippen LogP contribution is -2.16. The van der Waals surface area contributed by atoms with Gasteiger partial charge in [0.2, 0.25) is 5.91 Å². The third kappa shape index (κ3) is 3.39. The summed E-state index contributed by atoms with van der Waals surface area (Å²) in [6.07, 6.45) is 0. The highest BCUT2D eigenvalue weighted by molar-refractivity contribution is 5.92. The predicted molar refractivity (Wildman–Crippen MR) is 71.9 cm³/mol. The van der Waals surface area contributed by atoms with Crippen molar-refractivity contribution in [3.05, 3.63) is 70.8 Å². The summed E-state index contributed by atoms with van der Waals surface area (Å²) >= 11 is 0. The molecule has 0 fully saturated rings. The van der Waals surface area contributed by atoms with E-state index in [1.165, 1.54) is 18.2 Å². The quantitative estimate of drug-likeness (QED) is 0.880. The van der Waals surface area contributed by atoms with Gasteiger partial charge in [-0.3, -0.25) is 4.79 Å². The van der Waals surface area contributed by atoms with Crippen LogP contribution >= 0.6 is 0 Å². The second kappa shape index (κ2) is 6.25. The van der Waals surface area contributed by atoms with Gasteiger partial charge in [0.05, 0.1) is 0 Å². The molecule has 0 heterocycles. The summed E-state index contributed by atoms with van der Waals surface area (Å²) in [5.41, 5.74) is 6.40. The molecular weight excluding hydrogens is 262 g/mol. The molecule has 0 radical (unpaired) electrons. The molecule has 3 N–H and O–H groups in total. The Kier molecular flexibility index (Phi) is 4.42. The van der Waals surface area contributed by atoms with Crippen molar-refractivity contribution in [1.82, 2.24) is 5.32 Å². The second-order valence-corrected chi connectivity index (χ2v) is 4.37. The van der Waals surface area contributed by atoms with E-state index in [1.54, 1.807) is 24.3 Å². The van der Waals surface area contributed by atoms with Gasteiger partial charge in [-0.2, -0.15) is 0 Å². The molecule has 5 heteroatoms. The molecule has 0 aromatic heterocycles. The third-order valence-corrected chi connectivity index (χ3v) is 2.90. The van der Waals surface area contributed by atoms with E-state index in [4.69, 9.17) is 5.73 Å². The van der Waals surface area contributed by atoms with Gasteiger partial charge in [-0.05, 0) is 29.8 Å². The molecule has 1 amide bonds. The normalized spacial score (nSPS) is 10.5. The summed E-state index contributed by atoms with van der Waals surface area (Å²) in [6.45, 7) is 0.453. The molecule has 20 heavy (non-hydrogen) atoms. The monoisotopic (exact) mass is 276 g/mol. The molecule has 2 aromatic carbocycles. The fourth-order valence-corrected chi connectivity index (χ4v) is 1.87. The molecule has 0 saturated heterocycles. The molecule has 2 aromatic rings. The van der Waals surface area contributed by atoms with Crippen LogP contribution in [0.1, 0.15) is 21.5 Å². The molecule has 104 valence electrons. The number of hydrogen-bond acceptors (Lipinski definition) is 2. The van der Waals surface area contributed by atoms with Crippen LogP contribution in [0.15, 0.2) is 42.5 Å². The number of carbonyl (C=O) groups excluding carboxylic acids is 1.